The van der Waals surface area contributed by atoms with Crippen molar-refractivity contribution in [3.05, 3.63) is 62.8 Å². The molecule has 0 bridgehead atoms. The molecule has 2 aromatic rings. The van der Waals surface area contributed by atoms with E-state index >= 15 is 0 Å². The highest BCUT2D eigenvalue weighted by atomic mass is 79.9. The zero-order valence-electron chi connectivity index (χ0n) is 10.2. The molecule has 0 atom stereocenters. The summed E-state index contributed by atoms with van der Waals surface area (Å²) in [4.78, 5) is 10.9. The van der Waals surface area contributed by atoms with Gasteiger partial charge in [0, 0.05) is 21.6 Å². The van der Waals surface area contributed by atoms with Gasteiger partial charge >= 0.3 is 5.97 Å². The van der Waals surface area contributed by atoms with Crippen LogP contribution >= 0.6 is 27.5 Å². The maximum absolute atomic E-state index is 13.6. The number of rotatable bonds is 4. The summed E-state index contributed by atoms with van der Waals surface area (Å²) in [6.07, 6.45) is 0. The molecule has 0 aliphatic heterocycles. The number of carbonyl (C=O) groups is 1. The van der Waals surface area contributed by atoms with Gasteiger partial charge in [0.2, 0.25) is 0 Å². The summed E-state index contributed by atoms with van der Waals surface area (Å²) in [6, 6.07) is 8.88. The van der Waals surface area contributed by atoms with Gasteiger partial charge in [0.1, 0.15) is 5.82 Å². The van der Waals surface area contributed by atoms with Crippen LogP contribution in [0.2, 0.25) is 5.02 Å². The summed E-state index contributed by atoms with van der Waals surface area (Å²) in [5, 5.41) is 12.5. The number of aromatic carboxylic acids is 1. The predicted molar refractivity (Wildman–Crippen MR) is 79.8 cm³/mol. The molecule has 0 amide bonds. The SMILES string of the molecule is O=C(O)c1ccc(F)c(CNc2cc(Cl)ccc2Br)c1. The van der Waals surface area contributed by atoms with Crippen LogP contribution in [0.1, 0.15) is 15.9 Å². The van der Waals surface area contributed by atoms with Crippen LogP contribution < -0.4 is 5.32 Å². The zero-order valence-corrected chi connectivity index (χ0v) is 12.5. The van der Waals surface area contributed by atoms with Crippen molar-refractivity contribution in [2.75, 3.05) is 5.32 Å². The van der Waals surface area contributed by atoms with Crippen molar-refractivity contribution < 1.29 is 14.3 Å². The molecular formula is C14H10BrClFNO2. The third-order valence-corrected chi connectivity index (χ3v) is 3.62. The van der Waals surface area contributed by atoms with Gasteiger partial charge in [-0.3, -0.25) is 0 Å². The zero-order chi connectivity index (χ0) is 14.7. The van der Waals surface area contributed by atoms with Crippen molar-refractivity contribution in [1.29, 1.82) is 0 Å². The molecule has 0 aliphatic rings. The third-order valence-electron chi connectivity index (χ3n) is 2.69. The van der Waals surface area contributed by atoms with Crippen LogP contribution in [0.15, 0.2) is 40.9 Å². The Morgan fingerprint density at radius 3 is 2.75 bits per heavy atom. The molecule has 2 N–H and O–H groups in total. The lowest BCUT2D eigenvalue weighted by molar-refractivity contribution is 0.0696. The number of benzene rings is 2. The molecule has 0 spiro atoms. The number of anilines is 1. The number of hydrogen-bond acceptors (Lipinski definition) is 2. The molecule has 6 heteroatoms. The average molecular weight is 359 g/mol. The molecule has 0 unspecified atom stereocenters. The van der Waals surface area contributed by atoms with Crippen molar-refractivity contribution in [2.24, 2.45) is 0 Å². The largest absolute Gasteiger partial charge is 0.478 e. The highest BCUT2D eigenvalue weighted by Gasteiger charge is 2.09. The van der Waals surface area contributed by atoms with Crippen molar-refractivity contribution in [2.45, 2.75) is 6.54 Å². The fourth-order valence-electron chi connectivity index (χ4n) is 1.67. The first kappa shape index (κ1) is 14.8. The van der Waals surface area contributed by atoms with E-state index in [1.807, 2.05) is 0 Å². The average Bonchev–Trinajstić information content (AvgIpc) is 2.41. The van der Waals surface area contributed by atoms with Crippen LogP contribution in [0.5, 0.6) is 0 Å². The lowest BCUT2D eigenvalue weighted by atomic mass is 10.1. The van der Waals surface area contributed by atoms with E-state index in [1.165, 1.54) is 12.1 Å². The maximum Gasteiger partial charge on any atom is 0.335 e. The molecule has 0 heterocycles. The lowest BCUT2D eigenvalue weighted by Crippen LogP contribution is -2.05. The number of carboxylic acid groups (broad SMARTS) is 1. The highest BCUT2D eigenvalue weighted by molar-refractivity contribution is 9.10. The minimum atomic E-state index is -1.09. The molecule has 104 valence electrons. The van der Waals surface area contributed by atoms with Crippen molar-refractivity contribution in [3.8, 4) is 0 Å². The third kappa shape index (κ3) is 3.49. The second-order valence-electron chi connectivity index (χ2n) is 4.09. The smallest absolute Gasteiger partial charge is 0.335 e. The van der Waals surface area contributed by atoms with E-state index in [0.29, 0.717) is 10.7 Å². The molecule has 3 nitrogen and oxygen atoms in total. The standard InChI is InChI=1S/C14H10BrClFNO2/c15-11-3-2-10(16)6-13(11)18-7-9-5-8(14(19)20)1-4-12(9)17/h1-6,18H,7H2,(H,19,20). The van der Waals surface area contributed by atoms with E-state index < -0.39 is 11.8 Å². The second kappa shape index (κ2) is 6.24. The molecule has 2 aromatic carbocycles. The van der Waals surface area contributed by atoms with E-state index in [0.717, 1.165) is 10.5 Å². The topological polar surface area (TPSA) is 49.3 Å². The van der Waals surface area contributed by atoms with Gasteiger partial charge in [0.25, 0.3) is 0 Å². The summed E-state index contributed by atoms with van der Waals surface area (Å²) in [5.41, 5.74) is 1.03. The van der Waals surface area contributed by atoms with E-state index in [4.69, 9.17) is 16.7 Å². The van der Waals surface area contributed by atoms with Crippen molar-refractivity contribution in [1.82, 2.24) is 0 Å². The maximum atomic E-state index is 13.6. The Bertz CT molecular complexity index is 664. The number of hydrogen-bond donors (Lipinski definition) is 2. The first-order valence-corrected chi connectivity index (χ1v) is 6.85. The second-order valence-corrected chi connectivity index (χ2v) is 5.38. The van der Waals surface area contributed by atoms with Crippen LogP contribution in [0.3, 0.4) is 0 Å². The van der Waals surface area contributed by atoms with Crippen LogP contribution in [0, 0.1) is 5.82 Å². The minimum Gasteiger partial charge on any atom is -0.478 e. The van der Waals surface area contributed by atoms with Crippen molar-refractivity contribution in [3.63, 3.8) is 0 Å². The Morgan fingerprint density at radius 2 is 2.05 bits per heavy atom. The van der Waals surface area contributed by atoms with Gasteiger partial charge in [-0.2, -0.15) is 0 Å². The van der Waals surface area contributed by atoms with Gasteiger partial charge in [0.15, 0.2) is 0 Å². The normalized spacial score (nSPS) is 10.3. The Hall–Kier alpha value is -1.59. The fourth-order valence-corrected chi connectivity index (χ4v) is 2.23. The van der Waals surface area contributed by atoms with Crippen LogP contribution in [0.4, 0.5) is 10.1 Å². The quantitative estimate of drug-likeness (QED) is 0.843. The highest BCUT2D eigenvalue weighted by Crippen LogP contribution is 2.26. The van der Waals surface area contributed by atoms with E-state index in [1.54, 1.807) is 18.2 Å². The molecule has 0 fully saturated rings. The number of nitrogens with one attached hydrogen (secondary N) is 1. The van der Waals surface area contributed by atoms with Crippen molar-refractivity contribution >= 4 is 39.2 Å². The predicted octanol–water partition coefficient (Wildman–Crippen LogP) is 4.55. The van der Waals surface area contributed by atoms with Crippen LogP contribution in [-0.2, 0) is 6.54 Å². The summed E-state index contributed by atoms with van der Waals surface area (Å²) >= 11 is 9.24. The molecule has 0 saturated heterocycles. The Kier molecular flexibility index (Phi) is 4.62. The van der Waals surface area contributed by atoms with Gasteiger partial charge in [-0.05, 0) is 52.3 Å². The number of carboxylic acids is 1. The van der Waals surface area contributed by atoms with E-state index in [-0.39, 0.29) is 17.7 Å². The number of halogens is 3. The minimum absolute atomic E-state index is 0.0494. The molecule has 0 aliphatic carbocycles. The summed E-state index contributed by atoms with van der Waals surface area (Å²) in [5.74, 6) is -1.55. The molecule has 2 rings (SSSR count). The first-order valence-electron chi connectivity index (χ1n) is 5.68. The molecule has 0 radical (unpaired) electrons. The first-order chi connectivity index (χ1) is 9.47. The summed E-state index contributed by atoms with van der Waals surface area (Å²) in [6.45, 7) is 0.159. The van der Waals surface area contributed by atoms with Gasteiger partial charge in [-0.15, -0.1) is 0 Å². The lowest BCUT2D eigenvalue weighted by Gasteiger charge is -2.10. The van der Waals surface area contributed by atoms with Gasteiger partial charge in [-0.1, -0.05) is 11.6 Å². The van der Waals surface area contributed by atoms with E-state index in [9.17, 15) is 9.18 Å². The Labute approximate surface area is 128 Å². The molecular weight excluding hydrogens is 349 g/mol. The summed E-state index contributed by atoms with van der Waals surface area (Å²) in [7, 11) is 0. The molecule has 20 heavy (non-hydrogen) atoms. The molecule has 0 aromatic heterocycles. The fraction of sp³-hybridized carbons (Fsp3) is 0.0714. The van der Waals surface area contributed by atoms with Gasteiger partial charge in [-0.25, -0.2) is 9.18 Å². The van der Waals surface area contributed by atoms with Crippen LogP contribution in [-0.4, -0.2) is 11.1 Å². The molecule has 0 saturated carbocycles. The van der Waals surface area contributed by atoms with Gasteiger partial charge in [0.05, 0.1) is 11.3 Å². The van der Waals surface area contributed by atoms with Gasteiger partial charge < -0.3 is 10.4 Å². The monoisotopic (exact) mass is 357 g/mol. The van der Waals surface area contributed by atoms with E-state index in [2.05, 4.69) is 21.2 Å². The summed E-state index contributed by atoms with van der Waals surface area (Å²) < 4.78 is 14.4. The Morgan fingerprint density at radius 1 is 1.30 bits per heavy atom. The van der Waals surface area contributed by atoms with Crippen LogP contribution in [0.25, 0.3) is 0 Å². The Balaban J connectivity index is 2.20.